The average molecular weight is 352 g/mol. The van der Waals surface area contributed by atoms with Crippen molar-refractivity contribution in [3.05, 3.63) is 114 Å². The molecule has 0 aliphatic rings. The second-order valence-electron chi connectivity index (χ2n) is 6.53. The molecule has 4 rings (SSSR count). The first-order valence-electron chi connectivity index (χ1n) is 9.00. The Morgan fingerprint density at radius 1 is 0.815 bits per heavy atom. The third kappa shape index (κ3) is 3.44. The van der Waals surface area contributed by atoms with Crippen LogP contribution in [0.2, 0.25) is 0 Å². The van der Waals surface area contributed by atoms with Crippen molar-refractivity contribution in [1.82, 2.24) is 9.78 Å². The first kappa shape index (κ1) is 17.0. The number of ketones is 1. The average Bonchev–Trinajstić information content (AvgIpc) is 3.11. The second kappa shape index (κ2) is 7.42. The zero-order valence-corrected chi connectivity index (χ0v) is 15.1. The van der Waals surface area contributed by atoms with Crippen LogP contribution in [-0.4, -0.2) is 15.6 Å². The normalized spacial score (nSPS) is 11.9. The van der Waals surface area contributed by atoms with Crippen molar-refractivity contribution in [2.75, 3.05) is 0 Å². The van der Waals surface area contributed by atoms with Crippen molar-refractivity contribution >= 4 is 5.78 Å². The summed E-state index contributed by atoms with van der Waals surface area (Å²) in [4.78, 5) is 13.5. The van der Waals surface area contributed by atoms with Crippen LogP contribution in [-0.2, 0) is 0 Å². The third-order valence-corrected chi connectivity index (χ3v) is 4.59. The van der Waals surface area contributed by atoms with E-state index in [0.717, 1.165) is 22.5 Å². The Labute approximate surface area is 158 Å². The molecule has 27 heavy (non-hydrogen) atoms. The lowest BCUT2D eigenvalue weighted by Gasteiger charge is -2.20. The molecule has 4 aromatic rings. The van der Waals surface area contributed by atoms with Crippen LogP contribution in [0.5, 0.6) is 0 Å². The number of benzene rings is 3. The van der Waals surface area contributed by atoms with E-state index >= 15 is 0 Å². The Balaban J connectivity index is 1.89. The van der Waals surface area contributed by atoms with Gasteiger partial charge in [0.1, 0.15) is 6.04 Å². The van der Waals surface area contributed by atoms with Gasteiger partial charge in [-0.3, -0.25) is 4.79 Å². The van der Waals surface area contributed by atoms with Crippen molar-refractivity contribution in [2.24, 2.45) is 0 Å². The fraction of sp³-hybridized carbons (Fsp3) is 0.0833. The summed E-state index contributed by atoms with van der Waals surface area (Å²) in [5.41, 5.74) is 4.46. The van der Waals surface area contributed by atoms with Crippen LogP contribution in [0, 0.1) is 6.92 Å². The quantitative estimate of drug-likeness (QED) is 0.455. The minimum Gasteiger partial charge on any atom is -0.291 e. The molecule has 1 unspecified atom stereocenters. The van der Waals surface area contributed by atoms with Crippen LogP contribution in [0.4, 0.5) is 0 Å². The number of Topliss-reactive ketones (excluding diaryl/α,β-unsaturated/α-hetero) is 1. The molecule has 3 nitrogen and oxygen atoms in total. The summed E-state index contributed by atoms with van der Waals surface area (Å²) in [6, 6.07) is 30.8. The molecule has 0 aliphatic heterocycles. The second-order valence-corrected chi connectivity index (χ2v) is 6.53. The van der Waals surface area contributed by atoms with E-state index in [1.165, 1.54) is 0 Å². The van der Waals surface area contributed by atoms with Crippen molar-refractivity contribution in [1.29, 1.82) is 0 Å². The van der Waals surface area contributed by atoms with Gasteiger partial charge < -0.3 is 0 Å². The lowest BCUT2D eigenvalue weighted by molar-refractivity contribution is 0.0940. The fourth-order valence-electron chi connectivity index (χ4n) is 3.34. The predicted octanol–water partition coefficient (Wildman–Crippen LogP) is 5.33. The molecule has 3 heteroatoms. The molecular weight excluding hydrogens is 332 g/mol. The smallest absolute Gasteiger partial charge is 0.191 e. The lowest BCUT2D eigenvalue weighted by Crippen LogP contribution is -2.23. The number of aryl methyl sites for hydroxylation is 1. The highest BCUT2D eigenvalue weighted by atomic mass is 16.1. The highest BCUT2D eigenvalue weighted by Gasteiger charge is 2.27. The van der Waals surface area contributed by atoms with Gasteiger partial charge in [-0.2, -0.15) is 5.10 Å². The van der Waals surface area contributed by atoms with Crippen molar-refractivity contribution in [2.45, 2.75) is 13.0 Å². The number of hydrogen-bond donors (Lipinski definition) is 0. The molecule has 0 N–H and O–H groups in total. The zero-order chi connectivity index (χ0) is 18.6. The number of nitrogens with zero attached hydrogens (tertiary/aromatic N) is 2. The minimum atomic E-state index is -0.516. The van der Waals surface area contributed by atoms with Crippen LogP contribution in [0.3, 0.4) is 0 Å². The summed E-state index contributed by atoms with van der Waals surface area (Å²) in [6.45, 7) is 1.96. The highest BCUT2D eigenvalue weighted by molar-refractivity contribution is 6.01. The van der Waals surface area contributed by atoms with Gasteiger partial charge in [0.05, 0.1) is 11.4 Å². The first-order valence-corrected chi connectivity index (χ1v) is 9.00. The van der Waals surface area contributed by atoms with E-state index in [2.05, 4.69) is 0 Å². The van der Waals surface area contributed by atoms with Gasteiger partial charge in [-0.05, 0) is 24.1 Å². The third-order valence-electron chi connectivity index (χ3n) is 4.59. The van der Waals surface area contributed by atoms with Crippen LogP contribution in [0.1, 0.15) is 27.7 Å². The molecule has 0 saturated carbocycles. The standard InChI is InChI=1S/C24H20N2O/c1-18-17-22(19-11-5-2-6-12-19)26(25-18)23(20-13-7-3-8-14-20)24(27)21-15-9-4-10-16-21/h2-17,23H,1H3. The number of hydrogen-bond acceptors (Lipinski definition) is 2. The Bertz CT molecular complexity index is 1040. The van der Waals surface area contributed by atoms with Crippen LogP contribution in [0.15, 0.2) is 97.1 Å². The SMILES string of the molecule is Cc1cc(-c2ccccc2)n(C(C(=O)c2ccccc2)c2ccccc2)n1. The topological polar surface area (TPSA) is 34.9 Å². The molecule has 132 valence electrons. The van der Waals surface area contributed by atoms with E-state index in [1.54, 1.807) is 0 Å². The number of carbonyl (C=O) groups is 1. The van der Waals surface area contributed by atoms with Gasteiger partial charge in [-0.15, -0.1) is 0 Å². The van der Waals surface area contributed by atoms with Gasteiger partial charge in [-0.1, -0.05) is 91.0 Å². The Morgan fingerprint density at radius 3 is 2.00 bits per heavy atom. The summed E-state index contributed by atoms with van der Waals surface area (Å²) < 4.78 is 1.86. The number of aromatic nitrogens is 2. The van der Waals surface area contributed by atoms with E-state index in [-0.39, 0.29) is 5.78 Å². The molecule has 1 aromatic heterocycles. The molecule has 3 aromatic carbocycles. The zero-order valence-electron chi connectivity index (χ0n) is 15.1. The predicted molar refractivity (Wildman–Crippen MR) is 108 cm³/mol. The summed E-state index contributed by atoms with van der Waals surface area (Å²) in [5.74, 6) is 0.0297. The van der Waals surface area contributed by atoms with Gasteiger partial charge in [0.15, 0.2) is 5.78 Å². The molecule has 0 amide bonds. The van der Waals surface area contributed by atoms with Gasteiger partial charge in [0, 0.05) is 5.56 Å². The van der Waals surface area contributed by atoms with Gasteiger partial charge in [-0.25, -0.2) is 4.68 Å². The molecule has 0 fully saturated rings. The molecule has 1 heterocycles. The highest BCUT2D eigenvalue weighted by Crippen LogP contribution is 2.29. The molecule has 0 bridgehead atoms. The summed E-state index contributed by atoms with van der Waals surface area (Å²) in [6.07, 6.45) is 0. The van der Waals surface area contributed by atoms with Crippen LogP contribution >= 0.6 is 0 Å². The van der Waals surface area contributed by atoms with Crippen molar-refractivity contribution in [3.8, 4) is 11.3 Å². The molecule has 0 aliphatic carbocycles. The van der Waals surface area contributed by atoms with E-state index in [0.29, 0.717) is 5.56 Å². The summed E-state index contributed by atoms with van der Waals surface area (Å²) in [5, 5.41) is 4.71. The molecular formula is C24H20N2O. The Kier molecular flexibility index (Phi) is 4.67. The fourth-order valence-corrected chi connectivity index (χ4v) is 3.34. The lowest BCUT2D eigenvalue weighted by atomic mass is 9.97. The minimum absolute atomic E-state index is 0.0297. The van der Waals surface area contributed by atoms with Crippen molar-refractivity contribution in [3.63, 3.8) is 0 Å². The van der Waals surface area contributed by atoms with E-state index in [4.69, 9.17) is 5.10 Å². The monoisotopic (exact) mass is 352 g/mol. The maximum Gasteiger partial charge on any atom is 0.191 e. The Morgan fingerprint density at radius 2 is 1.37 bits per heavy atom. The van der Waals surface area contributed by atoms with E-state index < -0.39 is 6.04 Å². The van der Waals surface area contributed by atoms with Crippen LogP contribution in [0.25, 0.3) is 11.3 Å². The summed E-state index contributed by atoms with van der Waals surface area (Å²) >= 11 is 0. The molecule has 0 radical (unpaired) electrons. The van der Waals surface area contributed by atoms with Crippen LogP contribution < -0.4 is 0 Å². The number of rotatable bonds is 5. The van der Waals surface area contributed by atoms with Gasteiger partial charge in [0.2, 0.25) is 0 Å². The molecule has 0 spiro atoms. The van der Waals surface area contributed by atoms with Crippen molar-refractivity contribution < 1.29 is 4.79 Å². The summed E-state index contributed by atoms with van der Waals surface area (Å²) in [7, 11) is 0. The first-order chi connectivity index (χ1) is 13.2. The molecule has 1 atom stereocenters. The molecule has 0 saturated heterocycles. The van der Waals surface area contributed by atoms with Gasteiger partial charge in [0.25, 0.3) is 0 Å². The number of carbonyl (C=O) groups excluding carboxylic acids is 1. The van der Waals surface area contributed by atoms with E-state index in [9.17, 15) is 4.79 Å². The largest absolute Gasteiger partial charge is 0.291 e. The Hall–Kier alpha value is -3.46. The maximum absolute atomic E-state index is 13.5. The van der Waals surface area contributed by atoms with E-state index in [1.807, 2.05) is 109 Å². The maximum atomic E-state index is 13.5. The van der Waals surface area contributed by atoms with Gasteiger partial charge >= 0.3 is 0 Å².